The fraction of sp³-hybridized carbons (Fsp3) is 0.438. The van der Waals surface area contributed by atoms with Crippen LogP contribution in [-0.4, -0.2) is 44.4 Å². The summed E-state index contributed by atoms with van der Waals surface area (Å²) in [5, 5.41) is 9.23. The zero-order chi connectivity index (χ0) is 17.4. The Labute approximate surface area is 136 Å². The molecule has 3 rings (SSSR count). The number of alkyl halides is 2. The minimum absolute atomic E-state index is 0.0151. The quantitative estimate of drug-likeness (QED) is 0.933. The van der Waals surface area contributed by atoms with Crippen LogP contribution in [0.5, 0.6) is 0 Å². The minimum Gasteiger partial charge on any atom is -0.481 e. The summed E-state index contributed by atoms with van der Waals surface area (Å²) in [6, 6.07) is 4.82. The van der Waals surface area contributed by atoms with Crippen LogP contribution in [0.15, 0.2) is 24.4 Å². The lowest BCUT2D eigenvalue weighted by molar-refractivity contribution is -0.143. The highest BCUT2D eigenvalue weighted by Gasteiger charge is 2.35. The number of rotatable bonds is 3. The number of aromatic nitrogens is 2. The number of carbonyl (C=O) groups is 2. The van der Waals surface area contributed by atoms with Crippen molar-refractivity contribution < 1.29 is 23.5 Å². The van der Waals surface area contributed by atoms with Crippen molar-refractivity contribution in [3.05, 3.63) is 35.8 Å². The lowest BCUT2D eigenvalue weighted by Crippen LogP contribution is -2.46. The summed E-state index contributed by atoms with van der Waals surface area (Å²) in [7, 11) is 0. The number of likely N-dealkylation sites (tertiary alicyclic amines) is 1. The van der Waals surface area contributed by atoms with Gasteiger partial charge in [-0.2, -0.15) is 0 Å². The highest BCUT2D eigenvalue weighted by Crippen LogP contribution is 2.28. The van der Waals surface area contributed by atoms with Crippen molar-refractivity contribution in [1.29, 1.82) is 0 Å². The summed E-state index contributed by atoms with van der Waals surface area (Å²) in [6.45, 7) is 2.20. The summed E-state index contributed by atoms with van der Waals surface area (Å²) < 4.78 is 28.0. The molecular formula is C16H17F2N3O3. The molecule has 0 radical (unpaired) electrons. The van der Waals surface area contributed by atoms with Crippen LogP contribution in [0.1, 0.15) is 36.0 Å². The molecule has 1 amide bonds. The minimum atomic E-state index is -2.89. The average molecular weight is 337 g/mol. The van der Waals surface area contributed by atoms with Gasteiger partial charge in [-0.05, 0) is 24.5 Å². The first-order valence-electron chi connectivity index (χ1n) is 7.65. The third kappa shape index (κ3) is 2.83. The number of pyridine rings is 1. The molecule has 0 aliphatic carbocycles. The molecule has 24 heavy (non-hydrogen) atoms. The summed E-state index contributed by atoms with van der Waals surface area (Å²) in [5.41, 5.74) is -0.508. The van der Waals surface area contributed by atoms with E-state index in [0.29, 0.717) is 13.0 Å². The molecule has 128 valence electrons. The van der Waals surface area contributed by atoms with Gasteiger partial charge in [-0.3, -0.25) is 14.0 Å². The maximum Gasteiger partial charge on any atom is 0.308 e. The first-order chi connectivity index (χ1) is 11.4. The molecule has 1 saturated heterocycles. The molecule has 0 aromatic carbocycles. The van der Waals surface area contributed by atoms with E-state index in [1.165, 1.54) is 15.5 Å². The molecule has 2 aromatic heterocycles. The number of amides is 1. The lowest BCUT2D eigenvalue weighted by atomic mass is 9.90. The van der Waals surface area contributed by atoms with Gasteiger partial charge in [0.15, 0.2) is 0 Å². The second-order valence-electron chi connectivity index (χ2n) is 6.16. The zero-order valence-electron chi connectivity index (χ0n) is 13.0. The SMILES string of the molecule is CC1CC(C(=O)O)CN(C(=O)c2c(C(F)F)nc3ccccn23)C1. The Morgan fingerprint density at radius 1 is 1.33 bits per heavy atom. The molecule has 1 fully saturated rings. The van der Waals surface area contributed by atoms with Gasteiger partial charge >= 0.3 is 5.97 Å². The second kappa shape index (κ2) is 6.18. The first kappa shape index (κ1) is 16.4. The van der Waals surface area contributed by atoms with E-state index in [-0.39, 0.29) is 23.8 Å². The Morgan fingerprint density at radius 3 is 2.75 bits per heavy atom. The highest BCUT2D eigenvalue weighted by atomic mass is 19.3. The maximum atomic E-state index is 13.3. The molecule has 1 aliphatic rings. The molecule has 0 bridgehead atoms. The van der Waals surface area contributed by atoms with Crippen molar-refractivity contribution in [2.24, 2.45) is 11.8 Å². The van der Waals surface area contributed by atoms with Crippen LogP contribution in [0, 0.1) is 11.8 Å². The van der Waals surface area contributed by atoms with E-state index in [4.69, 9.17) is 0 Å². The Hall–Kier alpha value is -2.51. The number of carbonyl (C=O) groups excluding carboxylic acids is 1. The average Bonchev–Trinajstić information content (AvgIpc) is 2.93. The molecule has 2 unspecified atom stereocenters. The molecule has 0 saturated carbocycles. The predicted molar refractivity (Wildman–Crippen MR) is 81.0 cm³/mol. The number of imidazole rings is 1. The van der Waals surface area contributed by atoms with Crippen LogP contribution in [0.3, 0.4) is 0 Å². The van der Waals surface area contributed by atoms with Gasteiger partial charge in [-0.15, -0.1) is 0 Å². The topological polar surface area (TPSA) is 74.9 Å². The fourth-order valence-corrected chi connectivity index (χ4v) is 3.22. The van der Waals surface area contributed by atoms with Gasteiger partial charge in [-0.25, -0.2) is 13.8 Å². The fourth-order valence-electron chi connectivity index (χ4n) is 3.22. The molecular weight excluding hydrogens is 320 g/mol. The third-order valence-corrected chi connectivity index (χ3v) is 4.26. The Balaban J connectivity index is 2.01. The number of hydrogen-bond donors (Lipinski definition) is 1. The molecule has 3 heterocycles. The van der Waals surface area contributed by atoms with Crippen LogP contribution in [0.2, 0.25) is 0 Å². The number of fused-ring (bicyclic) bond motifs is 1. The van der Waals surface area contributed by atoms with E-state index < -0.39 is 29.9 Å². The second-order valence-corrected chi connectivity index (χ2v) is 6.16. The van der Waals surface area contributed by atoms with E-state index in [1.54, 1.807) is 18.2 Å². The smallest absolute Gasteiger partial charge is 0.308 e. The molecule has 1 aliphatic heterocycles. The van der Waals surface area contributed by atoms with Crippen molar-refractivity contribution >= 4 is 17.5 Å². The van der Waals surface area contributed by atoms with E-state index in [0.717, 1.165) is 0 Å². The van der Waals surface area contributed by atoms with Gasteiger partial charge in [-0.1, -0.05) is 13.0 Å². The number of carboxylic acid groups (broad SMARTS) is 1. The molecule has 2 atom stereocenters. The number of piperidine rings is 1. The first-order valence-corrected chi connectivity index (χ1v) is 7.65. The van der Waals surface area contributed by atoms with Gasteiger partial charge < -0.3 is 10.0 Å². The molecule has 6 nitrogen and oxygen atoms in total. The Bertz CT molecular complexity index is 790. The van der Waals surface area contributed by atoms with Crippen molar-refractivity contribution in [2.75, 3.05) is 13.1 Å². The standard InChI is InChI=1S/C16H17F2N3O3/c1-9-6-10(16(23)24)8-20(7-9)15(22)13-12(14(17)18)19-11-4-2-3-5-21(11)13/h2-5,9-10,14H,6-8H2,1H3,(H,23,24). The van der Waals surface area contributed by atoms with Gasteiger partial charge in [0.1, 0.15) is 17.0 Å². The number of nitrogens with zero attached hydrogens (tertiary/aromatic N) is 3. The van der Waals surface area contributed by atoms with Gasteiger partial charge in [0.25, 0.3) is 12.3 Å². The zero-order valence-corrected chi connectivity index (χ0v) is 13.0. The lowest BCUT2D eigenvalue weighted by Gasteiger charge is -2.34. The van der Waals surface area contributed by atoms with Crippen molar-refractivity contribution in [2.45, 2.75) is 19.8 Å². The van der Waals surface area contributed by atoms with E-state index in [9.17, 15) is 23.5 Å². The third-order valence-electron chi connectivity index (χ3n) is 4.26. The van der Waals surface area contributed by atoms with E-state index in [1.807, 2.05) is 6.92 Å². The van der Waals surface area contributed by atoms with Crippen LogP contribution >= 0.6 is 0 Å². The molecule has 1 N–H and O–H groups in total. The van der Waals surface area contributed by atoms with Gasteiger partial charge in [0, 0.05) is 19.3 Å². The van der Waals surface area contributed by atoms with Crippen LogP contribution in [-0.2, 0) is 4.79 Å². The molecule has 8 heteroatoms. The number of halogens is 2. The largest absolute Gasteiger partial charge is 0.481 e. The number of hydrogen-bond acceptors (Lipinski definition) is 3. The maximum absolute atomic E-state index is 13.3. The monoisotopic (exact) mass is 337 g/mol. The summed E-state index contributed by atoms with van der Waals surface area (Å²) >= 11 is 0. The summed E-state index contributed by atoms with van der Waals surface area (Å²) in [4.78, 5) is 29.3. The van der Waals surface area contributed by atoms with E-state index >= 15 is 0 Å². The van der Waals surface area contributed by atoms with Crippen LogP contribution < -0.4 is 0 Å². The Morgan fingerprint density at radius 2 is 2.08 bits per heavy atom. The van der Waals surface area contributed by atoms with Crippen molar-refractivity contribution in [3.63, 3.8) is 0 Å². The van der Waals surface area contributed by atoms with Crippen molar-refractivity contribution in [3.8, 4) is 0 Å². The normalized spacial score (nSPS) is 21.4. The van der Waals surface area contributed by atoms with Crippen molar-refractivity contribution in [1.82, 2.24) is 14.3 Å². The summed E-state index contributed by atoms with van der Waals surface area (Å²) in [5.74, 6) is -2.29. The van der Waals surface area contributed by atoms with Gasteiger partial charge in [0.2, 0.25) is 0 Å². The highest BCUT2D eigenvalue weighted by molar-refractivity contribution is 5.95. The molecule has 0 spiro atoms. The predicted octanol–water partition coefficient (Wildman–Crippen LogP) is 2.45. The number of aliphatic carboxylic acids is 1. The van der Waals surface area contributed by atoms with Crippen LogP contribution in [0.4, 0.5) is 8.78 Å². The molecule has 2 aromatic rings. The van der Waals surface area contributed by atoms with Gasteiger partial charge in [0.05, 0.1) is 5.92 Å². The van der Waals surface area contributed by atoms with E-state index in [2.05, 4.69) is 4.98 Å². The summed E-state index contributed by atoms with van der Waals surface area (Å²) in [6.07, 6.45) is -0.918. The van der Waals surface area contributed by atoms with Crippen LogP contribution in [0.25, 0.3) is 5.65 Å². The Kier molecular flexibility index (Phi) is 4.21. The number of carboxylic acids is 1.